The van der Waals surface area contributed by atoms with Crippen LogP contribution in [0.2, 0.25) is 0 Å². The lowest BCUT2D eigenvalue weighted by atomic mass is 10.1. The van der Waals surface area contributed by atoms with E-state index in [4.69, 9.17) is 0 Å². The molecule has 1 aromatic heterocycles. The van der Waals surface area contributed by atoms with E-state index in [1.807, 2.05) is 6.92 Å². The van der Waals surface area contributed by atoms with E-state index in [9.17, 15) is 14.6 Å². The maximum atomic E-state index is 12.7. The molecular formula is C14H23FN2O2. The molecular weight excluding hydrogens is 247 g/mol. The Balaban J connectivity index is 2.48. The summed E-state index contributed by atoms with van der Waals surface area (Å²) in [5.74, 6) is -0.409. The van der Waals surface area contributed by atoms with E-state index in [1.165, 1.54) is 12.1 Å². The monoisotopic (exact) mass is 270 g/mol. The Morgan fingerprint density at radius 1 is 1.42 bits per heavy atom. The number of aliphatic hydroxyl groups excluding tert-OH is 1. The molecule has 2 N–H and O–H groups in total. The van der Waals surface area contributed by atoms with E-state index in [-0.39, 0.29) is 0 Å². The van der Waals surface area contributed by atoms with Crippen LogP contribution in [-0.4, -0.2) is 45.3 Å². The van der Waals surface area contributed by atoms with Crippen molar-refractivity contribution in [3.05, 3.63) is 29.8 Å². The van der Waals surface area contributed by atoms with Gasteiger partial charge in [0.25, 0.3) is 0 Å². The Morgan fingerprint density at radius 3 is 2.58 bits per heavy atom. The molecule has 4 nitrogen and oxygen atoms in total. The van der Waals surface area contributed by atoms with Crippen LogP contribution in [0.25, 0.3) is 0 Å². The Kier molecular flexibility index (Phi) is 5.85. The summed E-state index contributed by atoms with van der Waals surface area (Å²) >= 11 is 0. The molecule has 0 amide bonds. The molecule has 0 radical (unpaired) electrons. The minimum Gasteiger partial charge on any atom is -0.389 e. The van der Waals surface area contributed by atoms with Gasteiger partial charge in [0.2, 0.25) is 0 Å². The number of hydrogen-bond donors (Lipinski definition) is 2. The van der Waals surface area contributed by atoms with E-state index in [0.717, 1.165) is 12.7 Å². The van der Waals surface area contributed by atoms with Gasteiger partial charge in [0.1, 0.15) is 5.82 Å². The van der Waals surface area contributed by atoms with Gasteiger partial charge >= 0.3 is 0 Å². The van der Waals surface area contributed by atoms with E-state index in [2.05, 4.69) is 9.88 Å². The van der Waals surface area contributed by atoms with Crippen molar-refractivity contribution in [3.63, 3.8) is 0 Å². The molecule has 0 saturated carbocycles. The number of pyridine rings is 1. The van der Waals surface area contributed by atoms with E-state index >= 15 is 0 Å². The summed E-state index contributed by atoms with van der Waals surface area (Å²) in [6.45, 7) is 7.52. The van der Waals surface area contributed by atoms with Gasteiger partial charge in [-0.2, -0.15) is 0 Å². The second-order valence-electron chi connectivity index (χ2n) is 5.39. The molecule has 0 bridgehead atoms. The first-order chi connectivity index (χ1) is 8.81. The lowest BCUT2D eigenvalue weighted by molar-refractivity contribution is 0.0319. The summed E-state index contributed by atoms with van der Waals surface area (Å²) in [7, 11) is 0. The minimum atomic E-state index is -0.755. The van der Waals surface area contributed by atoms with Gasteiger partial charge in [-0.1, -0.05) is 6.92 Å². The second kappa shape index (κ2) is 6.93. The molecule has 0 saturated heterocycles. The minimum absolute atomic E-state index is 0.409. The largest absolute Gasteiger partial charge is 0.389 e. The van der Waals surface area contributed by atoms with Crippen LogP contribution >= 0.6 is 0 Å². The molecule has 108 valence electrons. The van der Waals surface area contributed by atoms with Crippen molar-refractivity contribution in [1.82, 2.24) is 9.88 Å². The third-order valence-electron chi connectivity index (χ3n) is 2.87. The van der Waals surface area contributed by atoms with E-state index in [0.29, 0.717) is 25.2 Å². The van der Waals surface area contributed by atoms with Crippen LogP contribution in [0.15, 0.2) is 18.3 Å². The average molecular weight is 270 g/mol. The summed E-state index contributed by atoms with van der Waals surface area (Å²) in [4.78, 5) is 5.93. The normalized spacial score (nSPS) is 13.8. The van der Waals surface area contributed by atoms with Crippen molar-refractivity contribution < 1.29 is 14.6 Å². The van der Waals surface area contributed by atoms with E-state index in [1.54, 1.807) is 13.8 Å². The molecule has 1 rings (SSSR count). The highest BCUT2D eigenvalue weighted by molar-refractivity contribution is 5.07. The topological polar surface area (TPSA) is 56.6 Å². The molecule has 1 unspecified atom stereocenters. The number of aliphatic hydroxyl groups is 2. The Bertz CT molecular complexity index is 376. The molecule has 0 aliphatic rings. The highest BCUT2D eigenvalue weighted by atomic mass is 19.1. The molecule has 0 spiro atoms. The zero-order valence-electron chi connectivity index (χ0n) is 11.8. The second-order valence-corrected chi connectivity index (χ2v) is 5.39. The fraction of sp³-hybridized carbons (Fsp3) is 0.643. The number of halogens is 1. The van der Waals surface area contributed by atoms with Crippen LogP contribution in [0, 0.1) is 5.82 Å². The van der Waals surface area contributed by atoms with Crippen molar-refractivity contribution in [3.8, 4) is 0 Å². The molecule has 0 fully saturated rings. The molecule has 1 aromatic rings. The molecule has 1 atom stereocenters. The van der Waals surface area contributed by atoms with Crippen LogP contribution in [0.3, 0.4) is 0 Å². The quantitative estimate of drug-likeness (QED) is 0.792. The first kappa shape index (κ1) is 16.0. The van der Waals surface area contributed by atoms with Crippen LogP contribution < -0.4 is 0 Å². The first-order valence-electron chi connectivity index (χ1n) is 6.56. The van der Waals surface area contributed by atoms with Gasteiger partial charge in [-0.05, 0) is 38.9 Å². The van der Waals surface area contributed by atoms with Gasteiger partial charge in [0.05, 0.1) is 23.6 Å². The first-order valence-corrected chi connectivity index (χ1v) is 6.56. The maximum absolute atomic E-state index is 12.7. The molecule has 5 heteroatoms. The predicted molar refractivity (Wildman–Crippen MR) is 72.2 cm³/mol. The van der Waals surface area contributed by atoms with Crippen molar-refractivity contribution in [1.29, 1.82) is 0 Å². The van der Waals surface area contributed by atoms with Gasteiger partial charge in [-0.3, -0.25) is 4.98 Å². The number of rotatable bonds is 7. The van der Waals surface area contributed by atoms with E-state index < -0.39 is 17.5 Å². The third-order valence-corrected chi connectivity index (χ3v) is 2.87. The third kappa shape index (κ3) is 6.09. The molecule has 0 aliphatic carbocycles. The van der Waals surface area contributed by atoms with Crippen LogP contribution in [-0.2, 0) is 0 Å². The zero-order valence-corrected chi connectivity index (χ0v) is 11.8. The number of likely N-dealkylation sites (N-methyl/N-ethyl adjacent to an activating group) is 1. The summed E-state index contributed by atoms with van der Waals surface area (Å²) in [6, 6.07) is 2.78. The van der Waals surface area contributed by atoms with Crippen molar-refractivity contribution in [2.75, 3.05) is 19.6 Å². The lowest BCUT2D eigenvalue weighted by Gasteiger charge is -2.28. The maximum Gasteiger partial charge on any atom is 0.141 e. The lowest BCUT2D eigenvalue weighted by Crippen LogP contribution is -2.39. The number of nitrogens with zero attached hydrogens (tertiary/aromatic N) is 2. The van der Waals surface area contributed by atoms with Gasteiger partial charge in [-0.15, -0.1) is 0 Å². The standard InChI is InChI=1S/C14H23FN2O2/c1-4-17(10-14(2,3)19)8-7-13(18)12-6-5-11(15)9-16-12/h5-6,9,13,18-19H,4,7-8,10H2,1-3H3. The van der Waals surface area contributed by atoms with Crippen LogP contribution in [0.4, 0.5) is 4.39 Å². The zero-order chi connectivity index (χ0) is 14.5. The summed E-state index contributed by atoms with van der Waals surface area (Å²) < 4.78 is 12.7. The number of aromatic nitrogens is 1. The van der Waals surface area contributed by atoms with Crippen molar-refractivity contribution >= 4 is 0 Å². The SMILES string of the molecule is CCN(CCC(O)c1ccc(F)cn1)CC(C)(C)O. The Labute approximate surface area is 113 Å². The molecule has 1 heterocycles. The summed E-state index contributed by atoms with van der Waals surface area (Å²) in [6.07, 6.45) is 0.895. The Morgan fingerprint density at radius 2 is 2.11 bits per heavy atom. The van der Waals surface area contributed by atoms with Gasteiger partial charge in [0, 0.05) is 13.1 Å². The van der Waals surface area contributed by atoms with Crippen molar-refractivity contribution in [2.45, 2.75) is 38.9 Å². The van der Waals surface area contributed by atoms with Gasteiger partial charge in [-0.25, -0.2) is 4.39 Å². The van der Waals surface area contributed by atoms with Crippen LogP contribution in [0.5, 0.6) is 0 Å². The molecule has 19 heavy (non-hydrogen) atoms. The summed E-state index contributed by atoms with van der Waals surface area (Å²) in [5, 5.41) is 19.8. The smallest absolute Gasteiger partial charge is 0.141 e. The van der Waals surface area contributed by atoms with Crippen LogP contribution in [0.1, 0.15) is 39.0 Å². The molecule has 0 aliphatic heterocycles. The highest BCUT2D eigenvalue weighted by Gasteiger charge is 2.18. The number of hydrogen-bond acceptors (Lipinski definition) is 4. The highest BCUT2D eigenvalue weighted by Crippen LogP contribution is 2.15. The van der Waals surface area contributed by atoms with Gasteiger partial charge in [0.15, 0.2) is 0 Å². The summed E-state index contributed by atoms with van der Waals surface area (Å²) in [5.41, 5.74) is -0.282. The average Bonchev–Trinajstić information content (AvgIpc) is 2.33. The van der Waals surface area contributed by atoms with Crippen molar-refractivity contribution in [2.24, 2.45) is 0 Å². The van der Waals surface area contributed by atoms with Gasteiger partial charge < -0.3 is 15.1 Å². The Hall–Kier alpha value is -1.04. The predicted octanol–water partition coefficient (Wildman–Crippen LogP) is 1.74. The fourth-order valence-corrected chi connectivity index (χ4v) is 1.93. The molecule has 0 aromatic carbocycles. The fourth-order valence-electron chi connectivity index (χ4n) is 1.93.